The first kappa shape index (κ1) is 18.4. The van der Waals surface area contributed by atoms with Crippen LogP contribution >= 0.6 is 0 Å². The standard InChI is InChI=1S/C19H28N2O3S/c1-14-10-11-17(13-15(14)2)25(23,24)21-12-6-9-18(21)19(22)20-16-7-4-3-5-8-16/h10-11,13,16,18H,3-9,12H2,1-2H3,(H,20,22)/t18-/m1/s1. The number of hydrogen-bond donors (Lipinski definition) is 1. The van der Waals surface area contributed by atoms with Crippen LogP contribution in [0.15, 0.2) is 23.1 Å². The van der Waals surface area contributed by atoms with E-state index in [1.54, 1.807) is 12.1 Å². The third-order valence-corrected chi connectivity index (χ3v) is 7.45. The molecule has 0 unspecified atom stereocenters. The maximum atomic E-state index is 13.1. The van der Waals surface area contributed by atoms with Crippen LogP contribution in [0.2, 0.25) is 0 Å². The van der Waals surface area contributed by atoms with Gasteiger partial charge in [0.15, 0.2) is 0 Å². The van der Waals surface area contributed by atoms with Crippen molar-refractivity contribution in [2.24, 2.45) is 0 Å². The Labute approximate surface area is 150 Å². The highest BCUT2D eigenvalue weighted by atomic mass is 32.2. The summed E-state index contributed by atoms with van der Waals surface area (Å²) >= 11 is 0. The monoisotopic (exact) mass is 364 g/mol. The van der Waals surface area contributed by atoms with Gasteiger partial charge in [-0.3, -0.25) is 4.79 Å². The van der Waals surface area contributed by atoms with Gasteiger partial charge in [0.05, 0.1) is 4.90 Å². The van der Waals surface area contributed by atoms with Crippen molar-refractivity contribution < 1.29 is 13.2 Å². The zero-order valence-electron chi connectivity index (χ0n) is 15.1. The van der Waals surface area contributed by atoms with Gasteiger partial charge in [0.2, 0.25) is 15.9 Å². The van der Waals surface area contributed by atoms with E-state index in [-0.39, 0.29) is 16.8 Å². The molecule has 1 aromatic carbocycles. The summed E-state index contributed by atoms with van der Waals surface area (Å²) in [6, 6.07) is 4.81. The Balaban J connectivity index is 1.77. The number of benzene rings is 1. The van der Waals surface area contributed by atoms with E-state index >= 15 is 0 Å². The lowest BCUT2D eigenvalue weighted by molar-refractivity contribution is -0.125. The Kier molecular flexibility index (Phi) is 5.49. The summed E-state index contributed by atoms with van der Waals surface area (Å²) in [6.45, 7) is 4.28. The molecule has 1 aromatic rings. The van der Waals surface area contributed by atoms with E-state index in [9.17, 15) is 13.2 Å². The summed E-state index contributed by atoms with van der Waals surface area (Å²) in [4.78, 5) is 13.0. The molecule has 0 radical (unpaired) electrons. The molecule has 0 aromatic heterocycles. The predicted molar refractivity (Wildman–Crippen MR) is 97.8 cm³/mol. The number of carbonyl (C=O) groups excluding carboxylic acids is 1. The van der Waals surface area contributed by atoms with Crippen LogP contribution in [0, 0.1) is 13.8 Å². The zero-order valence-corrected chi connectivity index (χ0v) is 15.9. The predicted octanol–water partition coefficient (Wildman–Crippen LogP) is 2.91. The minimum absolute atomic E-state index is 0.128. The molecule has 1 N–H and O–H groups in total. The summed E-state index contributed by atoms with van der Waals surface area (Å²) in [5.41, 5.74) is 2.01. The lowest BCUT2D eigenvalue weighted by Gasteiger charge is -2.28. The molecule has 138 valence electrons. The minimum atomic E-state index is -3.64. The molecule has 1 atom stereocenters. The summed E-state index contributed by atoms with van der Waals surface area (Å²) in [5, 5.41) is 3.09. The van der Waals surface area contributed by atoms with Crippen LogP contribution in [-0.4, -0.2) is 37.3 Å². The fourth-order valence-electron chi connectivity index (χ4n) is 3.84. The Morgan fingerprint density at radius 2 is 1.76 bits per heavy atom. The molecule has 0 spiro atoms. The third-order valence-electron chi connectivity index (χ3n) is 5.54. The van der Waals surface area contributed by atoms with E-state index in [1.807, 2.05) is 19.9 Å². The van der Waals surface area contributed by atoms with E-state index in [0.29, 0.717) is 13.0 Å². The molecule has 3 rings (SSSR count). The Bertz CT molecular complexity index is 739. The molecular weight excluding hydrogens is 336 g/mol. The Morgan fingerprint density at radius 1 is 1.04 bits per heavy atom. The van der Waals surface area contributed by atoms with Gasteiger partial charge in [0.25, 0.3) is 0 Å². The smallest absolute Gasteiger partial charge is 0.243 e. The van der Waals surface area contributed by atoms with E-state index < -0.39 is 16.1 Å². The van der Waals surface area contributed by atoms with Gasteiger partial charge in [-0.05, 0) is 62.8 Å². The van der Waals surface area contributed by atoms with Crippen LogP contribution in [0.25, 0.3) is 0 Å². The molecule has 1 heterocycles. The van der Waals surface area contributed by atoms with Crippen molar-refractivity contribution in [3.8, 4) is 0 Å². The van der Waals surface area contributed by atoms with Crippen molar-refractivity contribution in [2.75, 3.05) is 6.54 Å². The van der Waals surface area contributed by atoms with Gasteiger partial charge in [-0.2, -0.15) is 4.31 Å². The number of nitrogens with zero attached hydrogens (tertiary/aromatic N) is 1. The zero-order chi connectivity index (χ0) is 18.0. The molecule has 1 saturated heterocycles. The topological polar surface area (TPSA) is 66.5 Å². The summed E-state index contributed by atoms with van der Waals surface area (Å²) < 4.78 is 27.5. The highest BCUT2D eigenvalue weighted by Crippen LogP contribution is 2.28. The van der Waals surface area contributed by atoms with Crippen LogP contribution in [0.5, 0.6) is 0 Å². The van der Waals surface area contributed by atoms with Crippen molar-refractivity contribution in [2.45, 2.75) is 75.8 Å². The third kappa shape index (κ3) is 3.90. The SMILES string of the molecule is Cc1ccc(S(=O)(=O)N2CCC[C@@H]2C(=O)NC2CCCCC2)cc1C. The molecule has 25 heavy (non-hydrogen) atoms. The van der Waals surface area contributed by atoms with E-state index in [0.717, 1.165) is 43.2 Å². The van der Waals surface area contributed by atoms with Crippen LogP contribution in [0.4, 0.5) is 0 Å². The van der Waals surface area contributed by atoms with Gasteiger partial charge in [-0.25, -0.2) is 8.42 Å². The number of rotatable bonds is 4. The van der Waals surface area contributed by atoms with Gasteiger partial charge in [-0.15, -0.1) is 0 Å². The summed E-state index contributed by atoms with van der Waals surface area (Å²) in [6.07, 6.45) is 6.84. The van der Waals surface area contributed by atoms with Gasteiger partial charge in [0, 0.05) is 12.6 Å². The van der Waals surface area contributed by atoms with E-state index in [1.165, 1.54) is 10.7 Å². The molecule has 1 aliphatic heterocycles. The molecule has 1 saturated carbocycles. The second-order valence-electron chi connectivity index (χ2n) is 7.36. The molecule has 5 nitrogen and oxygen atoms in total. The maximum Gasteiger partial charge on any atom is 0.243 e. The van der Waals surface area contributed by atoms with Crippen molar-refractivity contribution in [3.63, 3.8) is 0 Å². The van der Waals surface area contributed by atoms with Crippen molar-refractivity contribution in [1.29, 1.82) is 0 Å². The van der Waals surface area contributed by atoms with E-state index in [4.69, 9.17) is 0 Å². The maximum absolute atomic E-state index is 13.1. The fraction of sp³-hybridized carbons (Fsp3) is 0.632. The van der Waals surface area contributed by atoms with Gasteiger partial charge in [0.1, 0.15) is 6.04 Å². The molecular formula is C19H28N2O3S. The first-order valence-corrected chi connectivity index (χ1v) is 10.7. The quantitative estimate of drug-likeness (QED) is 0.893. The highest BCUT2D eigenvalue weighted by Gasteiger charge is 2.40. The number of carbonyl (C=O) groups is 1. The van der Waals surface area contributed by atoms with Crippen LogP contribution in [-0.2, 0) is 14.8 Å². The van der Waals surface area contributed by atoms with Crippen LogP contribution in [0.3, 0.4) is 0 Å². The first-order chi connectivity index (χ1) is 11.9. The minimum Gasteiger partial charge on any atom is -0.352 e. The fourth-order valence-corrected chi connectivity index (χ4v) is 5.59. The molecule has 1 amide bonds. The lowest BCUT2D eigenvalue weighted by Crippen LogP contribution is -2.49. The Morgan fingerprint density at radius 3 is 2.44 bits per heavy atom. The normalized spacial score (nSPS) is 22.9. The van der Waals surface area contributed by atoms with Crippen molar-refractivity contribution in [3.05, 3.63) is 29.3 Å². The van der Waals surface area contributed by atoms with Gasteiger partial charge < -0.3 is 5.32 Å². The first-order valence-electron chi connectivity index (χ1n) is 9.29. The highest BCUT2D eigenvalue weighted by molar-refractivity contribution is 7.89. The molecule has 0 bridgehead atoms. The summed E-state index contributed by atoms with van der Waals surface area (Å²) in [5.74, 6) is -0.128. The van der Waals surface area contributed by atoms with Crippen LogP contribution < -0.4 is 5.32 Å². The summed E-state index contributed by atoms with van der Waals surface area (Å²) in [7, 11) is -3.64. The molecule has 1 aliphatic carbocycles. The molecule has 2 aliphatic rings. The number of nitrogens with one attached hydrogen (secondary N) is 1. The van der Waals surface area contributed by atoms with Crippen LogP contribution in [0.1, 0.15) is 56.1 Å². The second-order valence-corrected chi connectivity index (χ2v) is 9.25. The number of amides is 1. The average Bonchev–Trinajstić information content (AvgIpc) is 3.09. The second kappa shape index (κ2) is 7.46. The number of aryl methyl sites for hydroxylation is 2. The van der Waals surface area contributed by atoms with Gasteiger partial charge >= 0.3 is 0 Å². The van der Waals surface area contributed by atoms with Crippen molar-refractivity contribution in [1.82, 2.24) is 9.62 Å². The van der Waals surface area contributed by atoms with Crippen molar-refractivity contribution >= 4 is 15.9 Å². The Hall–Kier alpha value is -1.40. The largest absolute Gasteiger partial charge is 0.352 e. The molecule has 2 fully saturated rings. The average molecular weight is 365 g/mol. The lowest BCUT2D eigenvalue weighted by atomic mass is 9.95. The molecule has 6 heteroatoms. The number of hydrogen-bond acceptors (Lipinski definition) is 3. The number of sulfonamides is 1. The van der Waals surface area contributed by atoms with Gasteiger partial charge in [-0.1, -0.05) is 25.3 Å². The van der Waals surface area contributed by atoms with E-state index in [2.05, 4.69) is 5.32 Å².